The SMILES string of the molecule is CCCCCCCCCCCCCCc1ccc(-c2ncc(CCCCCCCCCC(C)C)cn2)cc1. The fourth-order valence-electron chi connectivity index (χ4n) is 5.39. The van der Waals surface area contributed by atoms with Crippen molar-refractivity contribution in [2.24, 2.45) is 5.92 Å². The summed E-state index contributed by atoms with van der Waals surface area (Å²) >= 11 is 0. The fraction of sp³-hybridized carbons (Fsp3) is 0.722. The minimum Gasteiger partial charge on any atom is -0.236 e. The van der Waals surface area contributed by atoms with Crippen LogP contribution in [0.2, 0.25) is 0 Å². The Bertz CT molecular complexity index is 778. The van der Waals surface area contributed by atoms with E-state index in [9.17, 15) is 0 Å². The Morgan fingerprint density at radius 1 is 0.500 bits per heavy atom. The molecular weight excluding hydrogens is 460 g/mol. The van der Waals surface area contributed by atoms with Crippen molar-refractivity contribution in [1.29, 1.82) is 0 Å². The third-order valence-electron chi connectivity index (χ3n) is 7.98. The minimum absolute atomic E-state index is 0.854. The van der Waals surface area contributed by atoms with Gasteiger partial charge in [-0.2, -0.15) is 0 Å². The molecule has 2 rings (SSSR count). The highest BCUT2D eigenvalue weighted by atomic mass is 14.9. The Hall–Kier alpha value is -1.70. The maximum Gasteiger partial charge on any atom is 0.159 e. The summed E-state index contributed by atoms with van der Waals surface area (Å²) in [5.41, 5.74) is 3.85. The van der Waals surface area contributed by atoms with Crippen LogP contribution in [-0.4, -0.2) is 9.97 Å². The predicted octanol–water partition coefficient (Wildman–Crippen LogP) is 11.7. The van der Waals surface area contributed by atoms with Crippen molar-refractivity contribution in [2.45, 2.75) is 162 Å². The Labute approximate surface area is 236 Å². The molecule has 0 saturated heterocycles. The lowest BCUT2D eigenvalue weighted by molar-refractivity contribution is 0.509. The van der Waals surface area contributed by atoms with Gasteiger partial charge in [0, 0.05) is 18.0 Å². The van der Waals surface area contributed by atoms with Gasteiger partial charge >= 0.3 is 0 Å². The van der Waals surface area contributed by atoms with Gasteiger partial charge in [-0.3, -0.25) is 0 Å². The summed E-state index contributed by atoms with van der Waals surface area (Å²) in [7, 11) is 0. The largest absolute Gasteiger partial charge is 0.236 e. The van der Waals surface area contributed by atoms with E-state index in [1.165, 1.54) is 146 Å². The predicted molar refractivity (Wildman–Crippen MR) is 168 cm³/mol. The van der Waals surface area contributed by atoms with Crippen molar-refractivity contribution in [3.63, 3.8) is 0 Å². The first kappa shape index (κ1) is 32.5. The average molecular weight is 521 g/mol. The molecule has 0 saturated carbocycles. The Balaban J connectivity index is 1.51. The van der Waals surface area contributed by atoms with Gasteiger partial charge in [0.15, 0.2) is 5.82 Å². The molecule has 0 aliphatic heterocycles. The second-order valence-electron chi connectivity index (χ2n) is 12.2. The first-order chi connectivity index (χ1) is 18.7. The van der Waals surface area contributed by atoms with E-state index in [1.54, 1.807) is 0 Å². The van der Waals surface area contributed by atoms with E-state index in [0.29, 0.717) is 0 Å². The van der Waals surface area contributed by atoms with Gasteiger partial charge in [0.1, 0.15) is 0 Å². The van der Waals surface area contributed by atoms with Crippen molar-refractivity contribution in [2.75, 3.05) is 0 Å². The van der Waals surface area contributed by atoms with Crippen LogP contribution in [-0.2, 0) is 12.8 Å². The van der Waals surface area contributed by atoms with Crippen molar-refractivity contribution >= 4 is 0 Å². The van der Waals surface area contributed by atoms with Gasteiger partial charge in [0.05, 0.1) is 0 Å². The lowest BCUT2D eigenvalue weighted by Crippen LogP contribution is -1.94. The molecule has 1 aromatic heterocycles. The molecule has 2 heteroatoms. The second-order valence-corrected chi connectivity index (χ2v) is 12.2. The number of hydrogen-bond acceptors (Lipinski definition) is 2. The van der Waals surface area contributed by atoms with E-state index in [0.717, 1.165) is 23.7 Å². The average Bonchev–Trinajstić information content (AvgIpc) is 2.93. The van der Waals surface area contributed by atoms with Crippen LogP contribution in [0.15, 0.2) is 36.7 Å². The molecular formula is C36H60N2. The van der Waals surface area contributed by atoms with Crippen molar-refractivity contribution < 1.29 is 0 Å². The summed E-state index contributed by atoms with van der Waals surface area (Å²) in [4.78, 5) is 9.33. The van der Waals surface area contributed by atoms with Crippen LogP contribution in [0, 0.1) is 5.92 Å². The third-order valence-corrected chi connectivity index (χ3v) is 7.98. The third kappa shape index (κ3) is 16.3. The molecule has 0 aliphatic rings. The minimum atomic E-state index is 0.854. The van der Waals surface area contributed by atoms with Crippen LogP contribution in [0.4, 0.5) is 0 Å². The summed E-state index contributed by atoms with van der Waals surface area (Å²) in [6.07, 6.45) is 34.2. The molecule has 0 aliphatic carbocycles. The molecule has 0 radical (unpaired) electrons. The zero-order chi connectivity index (χ0) is 27.1. The van der Waals surface area contributed by atoms with E-state index in [2.05, 4.69) is 55.0 Å². The van der Waals surface area contributed by atoms with Gasteiger partial charge in [-0.05, 0) is 42.7 Å². The molecule has 2 aromatic rings. The monoisotopic (exact) mass is 520 g/mol. The van der Waals surface area contributed by atoms with Crippen molar-refractivity contribution in [1.82, 2.24) is 9.97 Å². The smallest absolute Gasteiger partial charge is 0.159 e. The molecule has 1 heterocycles. The summed E-state index contributed by atoms with van der Waals surface area (Å²) in [6, 6.07) is 8.94. The van der Waals surface area contributed by atoms with Crippen LogP contribution in [0.25, 0.3) is 11.4 Å². The van der Waals surface area contributed by atoms with Gasteiger partial charge < -0.3 is 0 Å². The summed E-state index contributed by atoms with van der Waals surface area (Å²) in [5, 5.41) is 0. The van der Waals surface area contributed by atoms with Gasteiger partial charge in [-0.15, -0.1) is 0 Å². The highest BCUT2D eigenvalue weighted by Crippen LogP contribution is 2.19. The molecule has 0 N–H and O–H groups in total. The first-order valence-corrected chi connectivity index (χ1v) is 16.6. The van der Waals surface area contributed by atoms with Crippen LogP contribution in [0.1, 0.15) is 160 Å². The molecule has 2 nitrogen and oxygen atoms in total. The van der Waals surface area contributed by atoms with E-state index in [1.807, 2.05) is 12.4 Å². The molecule has 1 aromatic carbocycles. The number of hydrogen-bond donors (Lipinski definition) is 0. The molecule has 0 unspecified atom stereocenters. The second kappa shape index (κ2) is 22.2. The summed E-state index contributed by atoms with van der Waals surface area (Å²) in [6.45, 7) is 6.95. The first-order valence-electron chi connectivity index (χ1n) is 16.6. The molecule has 38 heavy (non-hydrogen) atoms. The normalized spacial score (nSPS) is 11.5. The quantitative estimate of drug-likeness (QED) is 0.129. The molecule has 0 atom stereocenters. The Morgan fingerprint density at radius 3 is 1.39 bits per heavy atom. The van der Waals surface area contributed by atoms with Crippen LogP contribution < -0.4 is 0 Å². The van der Waals surface area contributed by atoms with Gasteiger partial charge in [0.2, 0.25) is 0 Å². The number of aromatic nitrogens is 2. The van der Waals surface area contributed by atoms with E-state index < -0.39 is 0 Å². The van der Waals surface area contributed by atoms with Gasteiger partial charge in [-0.1, -0.05) is 161 Å². The van der Waals surface area contributed by atoms with Crippen LogP contribution in [0.3, 0.4) is 0 Å². The molecule has 214 valence electrons. The Morgan fingerprint density at radius 2 is 0.921 bits per heavy atom. The number of rotatable bonds is 24. The molecule has 0 fully saturated rings. The number of benzene rings is 1. The maximum atomic E-state index is 4.67. The highest BCUT2D eigenvalue weighted by molar-refractivity contribution is 5.55. The van der Waals surface area contributed by atoms with Gasteiger partial charge in [0.25, 0.3) is 0 Å². The van der Waals surface area contributed by atoms with Crippen LogP contribution >= 0.6 is 0 Å². The van der Waals surface area contributed by atoms with Crippen molar-refractivity contribution in [3.8, 4) is 11.4 Å². The summed E-state index contributed by atoms with van der Waals surface area (Å²) < 4.78 is 0. The molecule has 0 bridgehead atoms. The van der Waals surface area contributed by atoms with E-state index in [4.69, 9.17) is 0 Å². The summed E-state index contributed by atoms with van der Waals surface area (Å²) in [5.74, 6) is 1.71. The number of aryl methyl sites for hydroxylation is 2. The molecule has 0 spiro atoms. The highest BCUT2D eigenvalue weighted by Gasteiger charge is 2.03. The van der Waals surface area contributed by atoms with Gasteiger partial charge in [-0.25, -0.2) is 9.97 Å². The van der Waals surface area contributed by atoms with Crippen molar-refractivity contribution in [3.05, 3.63) is 47.8 Å². The number of unbranched alkanes of at least 4 members (excludes halogenated alkanes) is 17. The van der Waals surface area contributed by atoms with E-state index in [-0.39, 0.29) is 0 Å². The zero-order valence-corrected chi connectivity index (χ0v) is 25.5. The number of nitrogens with zero attached hydrogens (tertiary/aromatic N) is 2. The zero-order valence-electron chi connectivity index (χ0n) is 25.5. The fourth-order valence-corrected chi connectivity index (χ4v) is 5.39. The lowest BCUT2D eigenvalue weighted by Gasteiger charge is -2.06. The standard InChI is InChI=1S/C36H60N2/c1-4-5-6-7-8-9-10-11-12-15-18-21-24-33-26-28-35(29-27-33)36-37-30-34(31-38-36)25-22-19-16-13-14-17-20-23-32(2)3/h26-32H,4-25H2,1-3H3. The lowest BCUT2D eigenvalue weighted by atomic mass is 10.0. The topological polar surface area (TPSA) is 25.8 Å². The van der Waals surface area contributed by atoms with E-state index >= 15 is 0 Å². The maximum absolute atomic E-state index is 4.67. The Kier molecular flexibility index (Phi) is 19.0. The van der Waals surface area contributed by atoms with Crippen LogP contribution in [0.5, 0.6) is 0 Å². The molecule has 0 amide bonds.